The van der Waals surface area contributed by atoms with E-state index in [9.17, 15) is 0 Å². The van der Waals surface area contributed by atoms with Gasteiger partial charge in [-0.05, 0) is 18.1 Å². The molecule has 0 atom stereocenters. The number of rotatable bonds is 6. The summed E-state index contributed by atoms with van der Waals surface area (Å²) in [6.07, 6.45) is 2.85. The molecule has 4 heteroatoms. The van der Waals surface area contributed by atoms with Crippen molar-refractivity contribution in [3.63, 3.8) is 0 Å². The summed E-state index contributed by atoms with van der Waals surface area (Å²) in [6.45, 7) is 1.36. The predicted octanol–water partition coefficient (Wildman–Crippen LogP) is 1.67. The summed E-state index contributed by atoms with van der Waals surface area (Å²) >= 11 is 1.74. The van der Waals surface area contributed by atoms with Gasteiger partial charge in [0.15, 0.2) is 0 Å². The van der Waals surface area contributed by atoms with Crippen LogP contribution in [0.2, 0.25) is 0 Å². The van der Waals surface area contributed by atoms with E-state index in [1.165, 1.54) is 0 Å². The number of pyridine rings is 1. The molecule has 78 valence electrons. The summed E-state index contributed by atoms with van der Waals surface area (Å²) in [7, 11) is 1.72. The summed E-state index contributed by atoms with van der Waals surface area (Å²) in [4.78, 5) is 4.29. The van der Waals surface area contributed by atoms with Crippen molar-refractivity contribution in [2.24, 2.45) is 5.73 Å². The zero-order chi connectivity index (χ0) is 10.2. The number of nitrogens with zero attached hydrogens (tertiary/aromatic N) is 1. The monoisotopic (exact) mass is 212 g/mol. The normalized spacial score (nSPS) is 10.4. The van der Waals surface area contributed by atoms with E-state index in [4.69, 9.17) is 10.5 Å². The highest BCUT2D eigenvalue weighted by atomic mass is 32.2. The highest BCUT2D eigenvalue weighted by molar-refractivity contribution is 7.99. The fourth-order valence-corrected chi connectivity index (χ4v) is 2.01. The number of hydrogen-bond acceptors (Lipinski definition) is 4. The molecule has 3 nitrogen and oxygen atoms in total. The molecule has 0 aliphatic rings. The van der Waals surface area contributed by atoms with Gasteiger partial charge < -0.3 is 10.5 Å². The van der Waals surface area contributed by atoms with Gasteiger partial charge in [-0.15, -0.1) is 11.8 Å². The standard InChI is InChI=1S/C10H16N2OS/c1-13-6-3-7-14-10-9(8-11)4-2-5-12-10/h2,4-5H,3,6-8,11H2,1H3. The molecule has 1 rings (SSSR count). The van der Waals surface area contributed by atoms with Crippen molar-refractivity contribution in [3.8, 4) is 0 Å². The van der Waals surface area contributed by atoms with Crippen LogP contribution in [-0.4, -0.2) is 24.5 Å². The molecule has 0 bridgehead atoms. The van der Waals surface area contributed by atoms with Crippen molar-refractivity contribution >= 4 is 11.8 Å². The third-order valence-corrected chi connectivity index (χ3v) is 2.94. The average Bonchev–Trinajstić information content (AvgIpc) is 2.25. The summed E-state index contributed by atoms with van der Waals surface area (Å²) in [6, 6.07) is 3.94. The fraction of sp³-hybridized carbons (Fsp3) is 0.500. The molecule has 1 aromatic rings. The highest BCUT2D eigenvalue weighted by Gasteiger charge is 2.01. The molecule has 2 N–H and O–H groups in total. The van der Waals surface area contributed by atoms with Gasteiger partial charge in [-0.3, -0.25) is 0 Å². The van der Waals surface area contributed by atoms with Crippen molar-refractivity contribution in [2.75, 3.05) is 19.5 Å². The number of ether oxygens (including phenoxy) is 1. The van der Waals surface area contributed by atoms with Gasteiger partial charge in [0, 0.05) is 32.2 Å². The third-order valence-electron chi connectivity index (χ3n) is 1.80. The number of nitrogens with two attached hydrogens (primary N) is 1. The Kier molecular flexibility index (Phi) is 5.59. The van der Waals surface area contributed by atoms with E-state index in [0.29, 0.717) is 6.54 Å². The second kappa shape index (κ2) is 6.81. The van der Waals surface area contributed by atoms with Crippen molar-refractivity contribution in [2.45, 2.75) is 18.0 Å². The first-order chi connectivity index (χ1) is 6.88. The van der Waals surface area contributed by atoms with Crippen LogP contribution in [0.15, 0.2) is 23.4 Å². The Morgan fingerprint density at radius 2 is 2.43 bits per heavy atom. The number of aromatic nitrogens is 1. The van der Waals surface area contributed by atoms with Gasteiger partial charge in [-0.2, -0.15) is 0 Å². The molecule has 14 heavy (non-hydrogen) atoms. The minimum atomic E-state index is 0.556. The summed E-state index contributed by atoms with van der Waals surface area (Å²) < 4.78 is 4.98. The van der Waals surface area contributed by atoms with Crippen LogP contribution >= 0.6 is 11.8 Å². The van der Waals surface area contributed by atoms with Crippen LogP contribution in [0.1, 0.15) is 12.0 Å². The number of methoxy groups -OCH3 is 1. The zero-order valence-electron chi connectivity index (χ0n) is 8.40. The lowest BCUT2D eigenvalue weighted by atomic mass is 10.3. The van der Waals surface area contributed by atoms with Gasteiger partial charge in [0.25, 0.3) is 0 Å². The maximum atomic E-state index is 5.60. The average molecular weight is 212 g/mol. The van der Waals surface area contributed by atoms with Crippen molar-refractivity contribution in [1.82, 2.24) is 4.98 Å². The fourth-order valence-electron chi connectivity index (χ4n) is 1.08. The molecule has 1 aromatic heterocycles. The molecular formula is C10H16N2OS. The molecule has 0 unspecified atom stereocenters. The van der Waals surface area contributed by atoms with Gasteiger partial charge in [-0.25, -0.2) is 4.98 Å². The Hall–Kier alpha value is -0.580. The van der Waals surface area contributed by atoms with E-state index >= 15 is 0 Å². The van der Waals surface area contributed by atoms with Gasteiger partial charge >= 0.3 is 0 Å². The van der Waals surface area contributed by atoms with Gasteiger partial charge in [-0.1, -0.05) is 6.07 Å². The lowest BCUT2D eigenvalue weighted by Crippen LogP contribution is -2.00. The maximum Gasteiger partial charge on any atom is 0.100 e. The summed E-state index contributed by atoms with van der Waals surface area (Å²) in [5.74, 6) is 1.03. The summed E-state index contributed by atoms with van der Waals surface area (Å²) in [5.41, 5.74) is 6.72. The van der Waals surface area contributed by atoms with E-state index in [1.54, 1.807) is 25.1 Å². The maximum absolute atomic E-state index is 5.60. The Bertz CT molecular complexity index is 268. The zero-order valence-corrected chi connectivity index (χ0v) is 9.22. The molecule has 0 saturated heterocycles. The number of thioether (sulfide) groups is 1. The molecule has 1 heterocycles. The van der Waals surface area contributed by atoms with E-state index in [0.717, 1.165) is 29.4 Å². The highest BCUT2D eigenvalue weighted by Crippen LogP contribution is 2.19. The first kappa shape index (κ1) is 11.5. The quantitative estimate of drug-likeness (QED) is 0.575. The van der Waals surface area contributed by atoms with Crippen LogP contribution in [0.25, 0.3) is 0 Å². The second-order valence-electron chi connectivity index (χ2n) is 2.87. The third kappa shape index (κ3) is 3.65. The van der Waals surface area contributed by atoms with Crippen LogP contribution < -0.4 is 5.73 Å². The molecule has 0 aliphatic carbocycles. The Morgan fingerprint density at radius 3 is 3.14 bits per heavy atom. The predicted molar refractivity (Wildman–Crippen MR) is 59.3 cm³/mol. The van der Waals surface area contributed by atoms with Crippen molar-refractivity contribution in [3.05, 3.63) is 23.9 Å². The molecule has 0 fully saturated rings. The van der Waals surface area contributed by atoms with Crippen LogP contribution in [0.4, 0.5) is 0 Å². The summed E-state index contributed by atoms with van der Waals surface area (Å²) in [5, 5.41) is 1.05. The van der Waals surface area contributed by atoms with E-state index in [2.05, 4.69) is 4.98 Å². The molecule has 0 spiro atoms. The number of hydrogen-bond donors (Lipinski definition) is 1. The topological polar surface area (TPSA) is 48.1 Å². The van der Waals surface area contributed by atoms with Crippen LogP contribution in [0.5, 0.6) is 0 Å². The Morgan fingerprint density at radius 1 is 1.57 bits per heavy atom. The van der Waals surface area contributed by atoms with E-state index < -0.39 is 0 Å². The first-order valence-electron chi connectivity index (χ1n) is 4.64. The minimum absolute atomic E-state index is 0.556. The van der Waals surface area contributed by atoms with Crippen LogP contribution in [0, 0.1) is 0 Å². The van der Waals surface area contributed by atoms with E-state index in [1.807, 2.05) is 12.1 Å². The molecule has 0 saturated carbocycles. The van der Waals surface area contributed by atoms with Gasteiger partial charge in [0.05, 0.1) is 0 Å². The van der Waals surface area contributed by atoms with Gasteiger partial charge in [0.2, 0.25) is 0 Å². The lowest BCUT2D eigenvalue weighted by molar-refractivity contribution is 0.200. The second-order valence-corrected chi connectivity index (χ2v) is 3.95. The van der Waals surface area contributed by atoms with Crippen molar-refractivity contribution in [1.29, 1.82) is 0 Å². The first-order valence-corrected chi connectivity index (χ1v) is 5.62. The molecular weight excluding hydrogens is 196 g/mol. The Labute approximate surface area is 89.1 Å². The smallest absolute Gasteiger partial charge is 0.100 e. The molecule has 0 radical (unpaired) electrons. The Balaban J connectivity index is 2.41. The SMILES string of the molecule is COCCCSc1ncccc1CN. The molecule has 0 amide bonds. The minimum Gasteiger partial charge on any atom is -0.385 e. The van der Waals surface area contributed by atoms with Gasteiger partial charge in [0.1, 0.15) is 5.03 Å². The van der Waals surface area contributed by atoms with Crippen molar-refractivity contribution < 1.29 is 4.74 Å². The van der Waals surface area contributed by atoms with Crippen LogP contribution in [0.3, 0.4) is 0 Å². The molecule has 0 aromatic carbocycles. The largest absolute Gasteiger partial charge is 0.385 e. The lowest BCUT2D eigenvalue weighted by Gasteiger charge is -2.05. The van der Waals surface area contributed by atoms with Crippen LogP contribution in [-0.2, 0) is 11.3 Å². The molecule has 0 aliphatic heterocycles. The van der Waals surface area contributed by atoms with E-state index in [-0.39, 0.29) is 0 Å².